The van der Waals surface area contributed by atoms with Gasteiger partial charge in [0.25, 0.3) is 0 Å². The van der Waals surface area contributed by atoms with Crippen molar-refractivity contribution in [3.8, 4) is 16.9 Å². The van der Waals surface area contributed by atoms with E-state index in [2.05, 4.69) is 4.98 Å². The number of aromatic carboxylic acids is 1. The Bertz CT molecular complexity index is 846. The molecule has 1 aromatic heterocycles. The number of rotatable bonds is 5. The fraction of sp³-hybridized carbons (Fsp3) is 0.0526. The average Bonchev–Trinajstić information content (AvgIpc) is 2.62. The third-order valence-electron chi connectivity index (χ3n) is 3.60. The van der Waals surface area contributed by atoms with E-state index in [9.17, 15) is 4.79 Å². The molecule has 0 aliphatic heterocycles. The molecule has 1 heterocycles. The minimum absolute atomic E-state index is 0.245. The summed E-state index contributed by atoms with van der Waals surface area (Å²) in [6.07, 6.45) is 1.66. The molecular weight excluding hydrogens is 304 g/mol. The van der Waals surface area contributed by atoms with Gasteiger partial charge in [0.05, 0.1) is 5.56 Å². The Labute approximate surface area is 139 Å². The van der Waals surface area contributed by atoms with E-state index in [4.69, 9.17) is 15.6 Å². The highest BCUT2D eigenvalue weighted by Gasteiger charge is 2.07. The van der Waals surface area contributed by atoms with Crippen molar-refractivity contribution in [3.05, 3.63) is 78.0 Å². The molecule has 5 nitrogen and oxygen atoms in total. The highest BCUT2D eigenvalue weighted by atomic mass is 16.5. The van der Waals surface area contributed by atoms with Crippen LogP contribution in [0.1, 0.15) is 15.9 Å². The van der Waals surface area contributed by atoms with Gasteiger partial charge in [0.15, 0.2) is 0 Å². The molecule has 0 aliphatic carbocycles. The lowest BCUT2D eigenvalue weighted by molar-refractivity contribution is 0.0697. The maximum absolute atomic E-state index is 10.9. The Hall–Kier alpha value is -3.34. The summed E-state index contributed by atoms with van der Waals surface area (Å²) in [6.45, 7) is 0.309. The van der Waals surface area contributed by atoms with Gasteiger partial charge in [-0.05, 0) is 35.9 Å². The molecular formula is C19H16N2O3. The van der Waals surface area contributed by atoms with E-state index in [1.807, 2.05) is 36.4 Å². The first-order valence-corrected chi connectivity index (χ1v) is 7.39. The minimum atomic E-state index is -0.950. The Morgan fingerprint density at radius 1 is 1.04 bits per heavy atom. The van der Waals surface area contributed by atoms with Crippen molar-refractivity contribution < 1.29 is 14.6 Å². The minimum Gasteiger partial charge on any atom is -0.489 e. The van der Waals surface area contributed by atoms with Crippen LogP contribution in [0.4, 0.5) is 5.82 Å². The Morgan fingerprint density at radius 2 is 1.75 bits per heavy atom. The molecule has 0 saturated heterocycles. The quantitative estimate of drug-likeness (QED) is 0.750. The van der Waals surface area contributed by atoms with Gasteiger partial charge < -0.3 is 15.6 Å². The number of nitrogens with zero attached hydrogens (tertiary/aromatic N) is 1. The number of carboxylic acids is 1. The fourth-order valence-corrected chi connectivity index (χ4v) is 2.28. The number of hydrogen-bond acceptors (Lipinski definition) is 4. The lowest BCUT2D eigenvalue weighted by Gasteiger charge is -2.10. The number of carbonyl (C=O) groups is 1. The van der Waals surface area contributed by atoms with Crippen molar-refractivity contribution in [1.29, 1.82) is 0 Å². The van der Waals surface area contributed by atoms with Crippen molar-refractivity contribution in [3.63, 3.8) is 0 Å². The van der Waals surface area contributed by atoms with Crippen LogP contribution in [0.5, 0.6) is 5.75 Å². The normalized spacial score (nSPS) is 10.3. The molecule has 0 saturated carbocycles. The van der Waals surface area contributed by atoms with Crippen LogP contribution in [-0.2, 0) is 6.61 Å². The molecule has 0 atom stereocenters. The molecule has 0 bridgehead atoms. The van der Waals surface area contributed by atoms with Crippen molar-refractivity contribution in [2.45, 2.75) is 6.61 Å². The lowest BCUT2D eigenvalue weighted by Crippen LogP contribution is -2.03. The zero-order chi connectivity index (χ0) is 16.9. The summed E-state index contributed by atoms with van der Waals surface area (Å²) < 4.78 is 5.72. The summed E-state index contributed by atoms with van der Waals surface area (Å²) in [6, 6.07) is 18.0. The standard InChI is InChI=1S/C19H16N2O3/c20-18-16(12-24-17-4-2-1-3-5-17)10-15(11-21-18)13-6-8-14(9-7-13)19(22)23/h1-11H,12H2,(H2,20,21)(H,22,23). The Morgan fingerprint density at radius 3 is 2.42 bits per heavy atom. The summed E-state index contributed by atoms with van der Waals surface area (Å²) in [7, 11) is 0. The van der Waals surface area contributed by atoms with E-state index < -0.39 is 5.97 Å². The third kappa shape index (κ3) is 3.52. The predicted molar refractivity (Wildman–Crippen MR) is 91.8 cm³/mol. The number of anilines is 1. The Kier molecular flexibility index (Phi) is 4.43. The van der Waals surface area contributed by atoms with E-state index in [-0.39, 0.29) is 5.56 Å². The maximum Gasteiger partial charge on any atom is 0.335 e. The summed E-state index contributed by atoms with van der Waals surface area (Å²) in [5.74, 6) is 0.221. The van der Waals surface area contributed by atoms with E-state index in [1.165, 1.54) is 0 Å². The number of para-hydroxylation sites is 1. The third-order valence-corrected chi connectivity index (χ3v) is 3.60. The highest BCUT2D eigenvalue weighted by molar-refractivity contribution is 5.88. The number of nitrogen functional groups attached to an aromatic ring is 1. The number of pyridine rings is 1. The molecule has 2 aromatic carbocycles. The molecule has 3 rings (SSSR count). The molecule has 3 N–H and O–H groups in total. The Balaban J connectivity index is 1.81. The summed E-state index contributed by atoms with van der Waals surface area (Å²) >= 11 is 0. The molecule has 0 aliphatic rings. The van der Waals surface area contributed by atoms with Gasteiger partial charge >= 0.3 is 5.97 Å². The van der Waals surface area contributed by atoms with Crippen LogP contribution in [0.3, 0.4) is 0 Å². The number of hydrogen-bond donors (Lipinski definition) is 2. The maximum atomic E-state index is 10.9. The van der Waals surface area contributed by atoms with Crippen molar-refractivity contribution in [2.24, 2.45) is 0 Å². The molecule has 5 heteroatoms. The van der Waals surface area contributed by atoms with E-state index in [1.54, 1.807) is 30.5 Å². The number of nitrogens with two attached hydrogens (primary N) is 1. The van der Waals surface area contributed by atoms with Gasteiger partial charge in [-0.2, -0.15) is 0 Å². The molecule has 24 heavy (non-hydrogen) atoms. The zero-order valence-electron chi connectivity index (χ0n) is 12.8. The van der Waals surface area contributed by atoms with Crippen LogP contribution < -0.4 is 10.5 Å². The van der Waals surface area contributed by atoms with Crippen LogP contribution in [0, 0.1) is 0 Å². The average molecular weight is 320 g/mol. The first kappa shape index (κ1) is 15.6. The summed E-state index contributed by atoms with van der Waals surface area (Å²) in [4.78, 5) is 15.1. The SMILES string of the molecule is Nc1ncc(-c2ccc(C(=O)O)cc2)cc1COc1ccccc1. The van der Waals surface area contributed by atoms with Gasteiger partial charge in [0.2, 0.25) is 0 Å². The summed E-state index contributed by atoms with van der Waals surface area (Å²) in [5.41, 5.74) is 8.67. The molecule has 0 radical (unpaired) electrons. The monoisotopic (exact) mass is 320 g/mol. The molecule has 0 spiro atoms. The molecule has 0 amide bonds. The largest absolute Gasteiger partial charge is 0.489 e. The van der Waals surface area contributed by atoms with Crippen LogP contribution in [0.25, 0.3) is 11.1 Å². The fourth-order valence-electron chi connectivity index (χ4n) is 2.28. The smallest absolute Gasteiger partial charge is 0.335 e. The van der Waals surface area contributed by atoms with Crippen molar-refractivity contribution >= 4 is 11.8 Å². The lowest BCUT2D eigenvalue weighted by atomic mass is 10.0. The van der Waals surface area contributed by atoms with E-state index in [0.717, 1.165) is 22.4 Å². The van der Waals surface area contributed by atoms with Crippen LogP contribution in [-0.4, -0.2) is 16.1 Å². The number of carboxylic acid groups (broad SMARTS) is 1. The van der Waals surface area contributed by atoms with Crippen molar-refractivity contribution in [2.75, 3.05) is 5.73 Å². The molecule has 120 valence electrons. The second kappa shape index (κ2) is 6.83. The topological polar surface area (TPSA) is 85.4 Å². The van der Waals surface area contributed by atoms with Gasteiger partial charge in [-0.1, -0.05) is 30.3 Å². The van der Waals surface area contributed by atoms with Crippen LogP contribution in [0.2, 0.25) is 0 Å². The molecule has 0 unspecified atom stereocenters. The molecule has 0 fully saturated rings. The van der Waals surface area contributed by atoms with Crippen LogP contribution >= 0.6 is 0 Å². The van der Waals surface area contributed by atoms with Gasteiger partial charge in [-0.3, -0.25) is 0 Å². The number of aromatic nitrogens is 1. The van der Waals surface area contributed by atoms with E-state index in [0.29, 0.717) is 12.4 Å². The second-order valence-corrected chi connectivity index (χ2v) is 5.25. The highest BCUT2D eigenvalue weighted by Crippen LogP contribution is 2.23. The predicted octanol–water partition coefficient (Wildman–Crippen LogP) is 3.61. The number of benzene rings is 2. The first-order chi connectivity index (χ1) is 11.6. The van der Waals surface area contributed by atoms with Gasteiger partial charge in [0.1, 0.15) is 18.2 Å². The van der Waals surface area contributed by atoms with Crippen LogP contribution in [0.15, 0.2) is 66.9 Å². The summed E-state index contributed by atoms with van der Waals surface area (Å²) in [5, 5.41) is 8.96. The zero-order valence-corrected chi connectivity index (χ0v) is 12.8. The number of ether oxygens (including phenoxy) is 1. The van der Waals surface area contributed by atoms with Gasteiger partial charge in [0, 0.05) is 17.3 Å². The van der Waals surface area contributed by atoms with Crippen molar-refractivity contribution in [1.82, 2.24) is 4.98 Å². The first-order valence-electron chi connectivity index (χ1n) is 7.39. The van der Waals surface area contributed by atoms with Gasteiger partial charge in [-0.25, -0.2) is 9.78 Å². The van der Waals surface area contributed by atoms with Gasteiger partial charge in [-0.15, -0.1) is 0 Å². The second-order valence-electron chi connectivity index (χ2n) is 5.25. The van der Waals surface area contributed by atoms with E-state index >= 15 is 0 Å². The molecule has 3 aromatic rings.